The number of halogens is 1. The maximum absolute atomic E-state index is 11.7. The molecule has 2 rings (SSSR count). The molecule has 0 fully saturated rings. The molecule has 1 aromatic carbocycles. The summed E-state index contributed by atoms with van der Waals surface area (Å²) >= 11 is 0. The summed E-state index contributed by atoms with van der Waals surface area (Å²) in [5, 5.41) is 24.5. The zero-order valence-corrected chi connectivity index (χ0v) is 14.6. The van der Waals surface area contributed by atoms with Gasteiger partial charge in [-0.15, -0.1) is 12.4 Å². The van der Waals surface area contributed by atoms with E-state index in [-0.39, 0.29) is 12.4 Å². The van der Waals surface area contributed by atoms with Crippen LogP contribution in [0.15, 0.2) is 24.4 Å². The van der Waals surface area contributed by atoms with E-state index in [0.717, 1.165) is 30.8 Å². The van der Waals surface area contributed by atoms with E-state index >= 15 is 0 Å². The number of anilines is 1. The number of nitrogens with zero attached hydrogens (tertiary/aromatic N) is 2. The third-order valence-corrected chi connectivity index (χ3v) is 3.69. The van der Waals surface area contributed by atoms with Crippen LogP contribution in [-0.4, -0.2) is 42.3 Å². The van der Waals surface area contributed by atoms with E-state index in [2.05, 4.69) is 15.2 Å². The maximum Gasteiger partial charge on any atom is 0.178 e. The molecule has 1 unspecified atom stereocenters. The van der Waals surface area contributed by atoms with Crippen molar-refractivity contribution in [1.82, 2.24) is 9.88 Å². The van der Waals surface area contributed by atoms with Crippen molar-refractivity contribution in [3.63, 3.8) is 0 Å². The molecule has 7 heteroatoms. The molecule has 0 radical (unpaired) electrons. The molecular formula is C16H25ClN4O2. The molecule has 0 saturated carbocycles. The van der Waals surface area contributed by atoms with Gasteiger partial charge in [-0.1, -0.05) is 13.0 Å². The molecule has 1 atom stereocenters. The normalized spacial score (nSPS) is 12.3. The van der Waals surface area contributed by atoms with Crippen LogP contribution >= 0.6 is 12.4 Å². The van der Waals surface area contributed by atoms with Crippen LogP contribution in [0.4, 0.5) is 11.4 Å². The maximum atomic E-state index is 11.7. The molecule has 23 heavy (non-hydrogen) atoms. The van der Waals surface area contributed by atoms with Crippen LogP contribution in [0.1, 0.15) is 18.9 Å². The SMILES string of the molecule is CCc1ccc2nccc(NCCCN(C)C)c2c1[NH+]([O-])O.Cl. The number of fused-ring (bicyclic) bond motifs is 1. The number of hydrogen-bond acceptors (Lipinski definition) is 5. The molecule has 2 aromatic rings. The zero-order chi connectivity index (χ0) is 16.1. The molecule has 0 aliphatic carbocycles. The molecule has 128 valence electrons. The highest BCUT2D eigenvalue weighted by molar-refractivity contribution is 5.99. The lowest BCUT2D eigenvalue weighted by atomic mass is 10.0. The largest absolute Gasteiger partial charge is 0.595 e. The van der Waals surface area contributed by atoms with Gasteiger partial charge in [0, 0.05) is 18.3 Å². The Kier molecular flexibility index (Phi) is 7.67. The molecule has 0 aliphatic rings. The minimum Gasteiger partial charge on any atom is -0.595 e. The van der Waals surface area contributed by atoms with E-state index in [1.54, 1.807) is 6.20 Å². The minimum absolute atomic E-state index is 0. The van der Waals surface area contributed by atoms with Gasteiger partial charge in [0.2, 0.25) is 0 Å². The van der Waals surface area contributed by atoms with Gasteiger partial charge in [-0.05, 0) is 45.6 Å². The fourth-order valence-electron chi connectivity index (χ4n) is 2.60. The quantitative estimate of drug-likeness (QED) is 0.531. The average Bonchev–Trinajstić information content (AvgIpc) is 2.49. The topological polar surface area (TPSA) is 75.9 Å². The molecule has 1 heterocycles. The molecule has 0 bridgehead atoms. The number of aryl methyl sites for hydroxylation is 1. The summed E-state index contributed by atoms with van der Waals surface area (Å²) < 4.78 is 0. The van der Waals surface area contributed by atoms with Crippen molar-refractivity contribution in [3.8, 4) is 0 Å². The van der Waals surface area contributed by atoms with Crippen molar-refractivity contribution < 1.29 is 10.4 Å². The Morgan fingerprint density at radius 1 is 1.30 bits per heavy atom. The highest BCUT2D eigenvalue weighted by atomic mass is 35.5. The summed E-state index contributed by atoms with van der Waals surface area (Å²) in [6.45, 7) is 3.75. The van der Waals surface area contributed by atoms with Crippen LogP contribution in [0.2, 0.25) is 0 Å². The second-order valence-electron chi connectivity index (χ2n) is 5.59. The smallest absolute Gasteiger partial charge is 0.178 e. The predicted molar refractivity (Wildman–Crippen MR) is 95.8 cm³/mol. The second-order valence-corrected chi connectivity index (χ2v) is 5.59. The van der Waals surface area contributed by atoms with Crippen molar-refractivity contribution in [2.75, 3.05) is 32.5 Å². The van der Waals surface area contributed by atoms with Crippen molar-refractivity contribution in [3.05, 3.63) is 35.2 Å². The van der Waals surface area contributed by atoms with Crippen LogP contribution in [0, 0.1) is 5.21 Å². The number of pyridine rings is 1. The highest BCUT2D eigenvalue weighted by Gasteiger charge is 2.16. The number of rotatable bonds is 7. The van der Waals surface area contributed by atoms with E-state index in [0.29, 0.717) is 23.0 Å². The third kappa shape index (κ3) is 4.76. The number of aromatic nitrogens is 1. The standard InChI is InChI=1S/C16H24N4O2.ClH/c1-4-12-6-7-13-15(16(12)20(21)22)14(8-10-18-13)17-9-5-11-19(2)3;/h6-8,10,20-21H,4-5,9,11H2,1-3H3,(H,17,18);1H. The van der Waals surface area contributed by atoms with Crippen LogP contribution in [0.3, 0.4) is 0 Å². The first-order valence-electron chi connectivity index (χ1n) is 7.57. The monoisotopic (exact) mass is 340 g/mol. The van der Waals surface area contributed by atoms with Crippen molar-refractivity contribution >= 4 is 34.7 Å². The zero-order valence-electron chi connectivity index (χ0n) is 13.8. The van der Waals surface area contributed by atoms with Gasteiger partial charge >= 0.3 is 0 Å². The number of benzene rings is 1. The molecule has 6 nitrogen and oxygen atoms in total. The van der Waals surface area contributed by atoms with Crippen molar-refractivity contribution in [1.29, 1.82) is 0 Å². The summed E-state index contributed by atoms with van der Waals surface area (Å²) in [5.41, 5.74) is 2.76. The fourth-order valence-corrected chi connectivity index (χ4v) is 2.60. The molecular weight excluding hydrogens is 316 g/mol. The first kappa shape index (κ1) is 19.6. The van der Waals surface area contributed by atoms with Gasteiger partial charge in [0.25, 0.3) is 0 Å². The molecule has 0 saturated heterocycles. The van der Waals surface area contributed by atoms with Gasteiger partial charge in [-0.2, -0.15) is 5.23 Å². The fraction of sp³-hybridized carbons (Fsp3) is 0.438. The molecule has 1 aromatic heterocycles. The van der Waals surface area contributed by atoms with Crippen LogP contribution in [0.5, 0.6) is 0 Å². The predicted octanol–water partition coefficient (Wildman–Crippen LogP) is 1.99. The number of hydrogen-bond donors (Lipinski definition) is 3. The molecule has 0 spiro atoms. The Balaban J connectivity index is 0.00000264. The average molecular weight is 341 g/mol. The lowest BCUT2D eigenvalue weighted by Crippen LogP contribution is -2.99. The van der Waals surface area contributed by atoms with Gasteiger partial charge in [-0.25, -0.2) is 5.21 Å². The van der Waals surface area contributed by atoms with E-state index in [4.69, 9.17) is 0 Å². The number of nitrogens with one attached hydrogen (secondary N) is 2. The van der Waals surface area contributed by atoms with Crippen LogP contribution in [0.25, 0.3) is 10.9 Å². The third-order valence-electron chi connectivity index (χ3n) is 3.69. The summed E-state index contributed by atoms with van der Waals surface area (Å²) in [6.07, 6.45) is 3.40. The summed E-state index contributed by atoms with van der Waals surface area (Å²) in [4.78, 5) is 6.43. The van der Waals surface area contributed by atoms with E-state index in [1.165, 1.54) is 0 Å². The summed E-state index contributed by atoms with van der Waals surface area (Å²) in [5.74, 6) is 0. The molecule has 0 aliphatic heterocycles. The second kappa shape index (κ2) is 9.00. The lowest BCUT2D eigenvalue weighted by molar-refractivity contribution is -0.990. The number of quaternary nitrogens is 1. The Bertz CT molecular complexity index is 635. The molecule has 0 amide bonds. The van der Waals surface area contributed by atoms with Gasteiger partial charge in [-0.3, -0.25) is 4.98 Å². The first-order valence-corrected chi connectivity index (χ1v) is 7.57. The minimum atomic E-state index is -0.896. The summed E-state index contributed by atoms with van der Waals surface area (Å²) in [7, 11) is 4.08. The summed E-state index contributed by atoms with van der Waals surface area (Å²) in [6, 6.07) is 5.60. The van der Waals surface area contributed by atoms with Crippen LogP contribution in [-0.2, 0) is 6.42 Å². The van der Waals surface area contributed by atoms with E-state index < -0.39 is 5.23 Å². The van der Waals surface area contributed by atoms with Crippen LogP contribution < -0.4 is 10.5 Å². The highest BCUT2D eigenvalue weighted by Crippen LogP contribution is 2.30. The Morgan fingerprint density at radius 2 is 2.04 bits per heavy atom. The van der Waals surface area contributed by atoms with E-state index in [1.807, 2.05) is 39.2 Å². The van der Waals surface area contributed by atoms with Crippen molar-refractivity contribution in [2.45, 2.75) is 19.8 Å². The van der Waals surface area contributed by atoms with Gasteiger partial charge in [0.15, 0.2) is 5.69 Å². The Morgan fingerprint density at radius 3 is 2.65 bits per heavy atom. The lowest BCUT2D eigenvalue weighted by Gasteiger charge is -2.19. The Labute approximate surface area is 143 Å². The van der Waals surface area contributed by atoms with Crippen molar-refractivity contribution in [2.24, 2.45) is 0 Å². The Hall–Kier alpha value is -1.44. The van der Waals surface area contributed by atoms with Gasteiger partial charge < -0.3 is 15.4 Å². The molecule has 3 N–H and O–H groups in total. The first-order chi connectivity index (χ1) is 10.5. The van der Waals surface area contributed by atoms with Gasteiger partial charge in [0.1, 0.15) is 0 Å². The van der Waals surface area contributed by atoms with E-state index in [9.17, 15) is 10.4 Å². The van der Waals surface area contributed by atoms with Gasteiger partial charge in [0.05, 0.1) is 16.6 Å².